The Bertz CT molecular complexity index is 550. The minimum absolute atomic E-state index is 0.0798. The Morgan fingerprint density at radius 1 is 1.21 bits per heavy atom. The van der Waals surface area contributed by atoms with E-state index in [1.54, 1.807) is 37.8 Å². The summed E-state index contributed by atoms with van der Waals surface area (Å²) in [5.41, 5.74) is 0.376. The van der Waals surface area contributed by atoms with Crippen molar-refractivity contribution in [2.24, 2.45) is 0 Å². The SMILES string of the molecule is CC(C)(C)OC(=O)NCC(=O)N(C/C=C/CO)Cc1ccccc1. The Balaban J connectivity index is 2.62. The fourth-order valence-corrected chi connectivity index (χ4v) is 1.91. The number of hydrogen-bond donors (Lipinski definition) is 2. The standard InChI is InChI=1S/C18H26N2O4/c1-18(2,3)24-17(23)19-13-16(22)20(11-7-8-12-21)14-15-9-5-4-6-10-15/h4-10,21H,11-14H2,1-3H3,(H,19,23)/b8-7+. The van der Waals surface area contributed by atoms with Gasteiger partial charge in [0, 0.05) is 13.1 Å². The molecule has 0 heterocycles. The van der Waals surface area contributed by atoms with Crippen LogP contribution in [0, 0.1) is 0 Å². The Kier molecular flexibility index (Phi) is 7.98. The van der Waals surface area contributed by atoms with Crippen LogP contribution < -0.4 is 5.32 Å². The van der Waals surface area contributed by atoms with Crippen LogP contribution in [0.5, 0.6) is 0 Å². The van der Waals surface area contributed by atoms with Crippen LogP contribution in [0.3, 0.4) is 0 Å². The summed E-state index contributed by atoms with van der Waals surface area (Å²) in [7, 11) is 0. The summed E-state index contributed by atoms with van der Waals surface area (Å²) in [4.78, 5) is 25.6. The van der Waals surface area contributed by atoms with E-state index in [4.69, 9.17) is 9.84 Å². The molecule has 0 bridgehead atoms. The van der Waals surface area contributed by atoms with Gasteiger partial charge in [-0.2, -0.15) is 0 Å². The Morgan fingerprint density at radius 3 is 2.46 bits per heavy atom. The third-order valence-electron chi connectivity index (χ3n) is 2.95. The van der Waals surface area contributed by atoms with Crippen LogP contribution in [-0.2, 0) is 16.1 Å². The number of aliphatic hydroxyl groups excluding tert-OH is 1. The molecule has 0 unspecified atom stereocenters. The molecule has 2 amide bonds. The molecule has 0 saturated heterocycles. The van der Waals surface area contributed by atoms with Gasteiger partial charge in [-0.25, -0.2) is 4.79 Å². The van der Waals surface area contributed by atoms with Crippen LogP contribution in [0.15, 0.2) is 42.5 Å². The minimum atomic E-state index is -0.624. The smallest absolute Gasteiger partial charge is 0.408 e. The molecule has 0 aromatic heterocycles. The highest BCUT2D eigenvalue weighted by molar-refractivity contribution is 5.82. The predicted octanol–water partition coefficient (Wildman–Crippen LogP) is 2.09. The molecule has 1 rings (SSSR count). The van der Waals surface area contributed by atoms with Gasteiger partial charge in [-0.3, -0.25) is 4.79 Å². The Morgan fingerprint density at radius 2 is 1.88 bits per heavy atom. The second-order valence-corrected chi connectivity index (χ2v) is 6.27. The molecule has 24 heavy (non-hydrogen) atoms. The highest BCUT2D eigenvalue weighted by Gasteiger charge is 2.18. The van der Waals surface area contributed by atoms with E-state index in [-0.39, 0.29) is 19.1 Å². The van der Waals surface area contributed by atoms with Gasteiger partial charge in [0.05, 0.1) is 6.61 Å². The van der Waals surface area contributed by atoms with Gasteiger partial charge in [-0.05, 0) is 26.3 Å². The first-order chi connectivity index (χ1) is 11.3. The summed E-state index contributed by atoms with van der Waals surface area (Å²) < 4.78 is 5.12. The molecule has 132 valence electrons. The number of alkyl carbamates (subject to hydrolysis) is 1. The van der Waals surface area contributed by atoms with Crippen molar-refractivity contribution in [1.29, 1.82) is 0 Å². The van der Waals surface area contributed by atoms with Gasteiger partial charge in [-0.1, -0.05) is 42.5 Å². The van der Waals surface area contributed by atoms with Crippen LogP contribution >= 0.6 is 0 Å². The van der Waals surface area contributed by atoms with E-state index in [9.17, 15) is 9.59 Å². The van der Waals surface area contributed by atoms with Gasteiger partial charge in [0.2, 0.25) is 5.91 Å². The van der Waals surface area contributed by atoms with E-state index in [2.05, 4.69) is 5.32 Å². The van der Waals surface area contributed by atoms with E-state index in [1.165, 1.54) is 0 Å². The van der Waals surface area contributed by atoms with Crippen molar-refractivity contribution >= 4 is 12.0 Å². The zero-order chi connectivity index (χ0) is 18.0. The van der Waals surface area contributed by atoms with E-state index in [1.807, 2.05) is 30.3 Å². The third kappa shape index (κ3) is 8.33. The number of amides is 2. The van der Waals surface area contributed by atoms with Crippen LogP contribution in [-0.4, -0.2) is 47.3 Å². The first kappa shape index (κ1) is 19.7. The number of carbonyl (C=O) groups is 2. The second-order valence-electron chi connectivity index (χ2n) is 6.27. The number of benzene rings is 1. The molecule has 2 N–H and O–H groups in total. The third-order valence-corrected chi connectivity index (χ3v) is 2.95. The molecule has 0 saturated carbocycles. The normalized spacial score (nSPS) is 11.3. The summed E-state index contributed by atoms with van der Waals surface area (Å²) in [5, 5.41) is 11.3. The van der Waals surface area contributed by atoms with Gasteiger partial charge in [0.15, 0.2) is 0 Å². The highest BCUT2D eigenvalue weighted by Crippen LogP contribution is 2.07. The van der Waals surface area contributed by atoms with Crippen molar-refractivity contribution in [2.75, 3.05) is 19.7 Å². The summed E-state index contributed by atoms with van der Waals surface area (Å²) >= 11 is 0. The largest absolute Gasteiger partial charge is 0.444 e. The molecule has 0 aliphatic rings. The number of nitrogens with zero attached hydrogens (tertiary/aromatic N) is 1. The highest BCUT2D eigenvalue weighted by atomic mass is 16.6. The summed E-state index contributed by atoms with van der Waals surface area (Å²) in [5.74, 6) is -0.229. The molecular formula is C18H26N2O4. The number of aliphatic hydroxyl groups is 1. The quantitative estimate of drug-likeness (QED) is 0.749. The van der Waals surface area contributed by atoms with Gasteiger partial charge >= 0.3 is 6.09 Å². The van der Waals surface area contributed by atoms with Gasteiger partial charge < -0.3 is 20.1 Å². The first-order valence-corrected chi connectivity index (χ1v) is 7.86. The molecule has 0 radical (unpaired) electrons. The average molecular weight is 334 g/mol. The molecule has 6 heteroatoms. The van der Waals surface area contributed by atoms with E-state index in [0.29, 0.717) is 13.1 Å². The van der Waals surface area contributed by atoms with Gasteiger partial charge in [-0.15, -0.1) is 0 Å². The van der Waals surface area contributed by atoms with Crippen molar-refractivity contribution in [3.8, 4) is 0 Å². The lowest BCUT2D eigenvalue weighted by atomic mass is 10.2. The second kappa shape index (κ2) is 9.72. The van der Waals surface area contributed by atoms with Crippen LogP contribution in [0.2, 0.25) is 0 Å². The van der Waals surface area contributed by atoms with Crippen molar-refractivity contribution in [3.05, 3.63) is 48.0 Å². The fraction of sp³-hybridized carbons (Fsp3) is 0.444. The van der Waals surface area contributed by atoms with Crippen molar-refractivity contribution < 1.29 is 19.4 Å². The molecular weight excluding hydrogens is 308 g/mol. The minimum Gasteiger partial charge on any atom is -0.444 e. The van der Waals surface area contributed by atoms with Crippen molar-refractivity contribution in [2.45, 2.75) is 32.9 Å². The lowest BCUT2D eigenvalue weighted by molar-refractivity contribution is -0.130. The number of hydrogen-bond acceptors (Lipinski definition) is 4. The van der Waals surface area contributed by atoms with Crippen molar-refractivity contribution in [3.63, 3.8) is 0 Å². The topological polar surface area (TPSA) is 78.9 Å². The van der Waals surface area contributed by atoms with E-state index >= 15 is 0 Å². The number of ether oxygens (including phenoxy) is 1. The van der Waals surface area contributed by atoms with Gasteiger partial charge in [0.1, 0.15) is 12.1 Å². The summed E-state index contributed by atoms with van der Waals surface area (Å²) in [6.07, 6.45) is 2.67. The molecule has 6 nitrogen and oxygen atoms in total. The zero-order valence-corrected chi connectivity index (χ0v) is 14.5. The van der Waals surface area contributed by atoms with Gasteiger partial charge in [0.25, 0.3) is 0 Å². The molecule has 0 spiro atoms. The number of rotatable bonds is 7. The molecule has 1 aromatic carbocycles. The van der Waals surface area contributed by atoms with Crippen molar-refractivity contribution in [1.82, 2.24) is 10.2 Å². The van der Waals surface area contributed by atoms with E-state index in [0.717, 1.165) is 5.56 Å². The number of nitrogens with one attached hydrogen (secondary N) is 1. The summed E-state index contributed by atoms with van der Waals surface area (Å²) in [6.45, 7) is 5.83. The molecule has 0 aliphatic carbocycles. The molecule has 0 atom stereocenters. The molecule has 1 aromatic rings. The average Bonchev–Trinajstić information content (AvgIpc) is 2.51. The Labute approximate surface area is 143 Å². The maximum atomic E-state index is 12.4. The fourth-order valence-electron chi connectivity index (χ4n) is 1.91. The maximum Gasteiger partial charge on any atom is 0.408 e. The molecule has 0 fully saturated rings. The monoisotopic (exact) mass is 334 g/mol. The van der Waals surface area contributed by atoms with Crippen LogP contribution in [0.25, 0.3) is 0 Å². The number of carbonyl (C=O) groups excluding carboxylic acids is 2. The molecule has 0 aliphatic heterocycles. The lowest BCUT2D eigenvalue weighted by Gasteiger charge is -2.23. The zero-order valence-electron chi connectivity index (χ0n) is 14.5. The van der Waals surface area contributed by atoms with Crippen LogP contribution in [0.4, 0.5) is 4.79 Å². The Hall–Kier alpha value is -2.34. The van der Waals surface area contributed by atoms with E-state index < -0.39 is 11.7 Å². The lowest BCUT2D eigenvalue weighted by Crippen LogP contribution is -2.41. The maximum absolute atomic E-state index is 12.4. The van der Waals surface area contributed by atoms with Crippen LogP contribution in [0.1, 0.15) is 26.3 Å². The first-order valence-electron chi connectivity index (χ1n) is 7.86. The predicted molar refractivity (Wildman–Crippen MR) is 92.3 cm³/mol. The summed E-state index contributed by atoms with van der Waals surface area (Å²) in [6, 6.07) is 9.57.